The number of fused-ring (bicyclic) bond motifs is 3. The number of benzene rings is 1. The molecular weight excluding hydrogens is 443 g/mol. The van der Waals surface area contributed by atoms with Crippen molar-refractivity contribution >= 4 is 23.0 Å². The molecule has 2 aromatic heterocycles. The summed E-state index contributed by atoms with van der Waals surface area (Å²) in [5.41, 5.74) is 1.33. The summed E-state index contributed by atoms with van der Waals surface area (Å²) in [7, 11) is 0. The maximum Gasteiger partial charge on any atom is 0.393 e. The molecule has 0 saturated heterocycles. The zero-order valence-electron chi connectivity index (χ0n) is 17.8. The molecule has 3 heterocycles. The van der Waals surface area contributed by atoms with Gasteiger partial charge in [0.1, 0.15) is 23.3 Å². The van der Waals surface area contributed by atoms with Crippen molar-refractivity contribution < 1.29 is 22.0 Å². The monoisotopic (exact) mass is 464 g/mol. The predicted molar refractivity (Wildman–Crippen MR) is 116 cm³/mol. The Morgan fingerprint density at radius 2 is 1.85 bits per heavy atom. The number of aliphatic imine (C=N–C) groups is 1. The fourth-order valence-corrected chi connectivity index (χ4v) is 3.61. The number of nitrogens with zero attached hydrogens (tertiary/aromatic N) is 4. The van der Waals surface area contributed by atoms with Crippen LogP contribution < -0.4 is 10.2 Å². The minimum Gasteiger partial charge on any atom is -0.356 e. The minimum absolute atomic E-state index is 0.0716. The number of hydrogen-bond donors (Lipinski definition) is 2. The van der Waals surface area contributed by atoms with Crippen LogP contribution >= 0.6 is 0 Å². The van der Waals surface area contributed by atoms with Crippen LogP contribution in [0.2, 0.25) is 0 Å². The minimum atomic E-state index is -4.33. The van der Waals surface area contributed by atoms with Gasteiger partial charge in [-0.05, 0) is 24.6 Å². The fraction of sp³-hybridized carbons (Fsp3) is 0.318. The van der Waals surface area contributed by atoms with Crippen LogP contribution in [-0.2, 0) is 0 Å². The molecule has 0 amide bonds. The predicted octanol–water partition coefficient (Wildman–Crippen LogP) is 5.67. The molecule has 0 radical (unpaired) electrons. The van der Waals surface area contributed by atoms with Gasteiger partial charge in [0.05, 0.1) is 40.9 Å². The van der Waals surface area contributed by atoms with Crippen molar-refractivity contribution in [1.82, 2.24) is 15.2 Å². The number of halogens is 5. The summed E-state index contributed by atoms with van der Waals surface area (Å²) < 4.78 is 68.3. The van der Waals surface area contributed by atoms with E-state index in [1.165, 1.54) is 18.5 Å². The first-order chi connectivity index (χ1) is 15.7. The van der Waals surface area contributed by atoms with Crippen LogP contribution in [0.4, 0.5) is 39.1 Å². The van der Waals surface area contributed by atoms with E-state index in [-0.39, 0.29) is 23.6 Å². The van der Waals surface area contributed by atoms with Gasteiger partial charge < -0.3 is 10.2 Å². The second-order valence-electron chi connectivity index (χ2n) is 7.79. The second-order valence-corrected chi connectivity index (χ2v) is 7.79. The van der Waals surface area contributed by atoms with Gasteiger partial charge in [-0.25, -0.2) is 18.8 Å². The number of H-pyrrole nitrogens is 1. The molecule has 11 heteroatoms. The van der Waals surface area contributed by atoms with Crippen LogP contribution in [0, 0.1) is 17.6 Å². The van der Waals surface area contributed by atoms with Gasteiger partial charge in [-0.2, -0.15) is 18.3 Å². The van der Waals surface area contributed by atoms with Crippen molar-refractivity contribution in [1.29, 1.82) is 0 Å². The van der Waals surface area contributed by atoms with E-state index < -0.39 is 23.7 Å². The highest BCUT2D eigenvalue weighted by atomic mass is 19.4. The van der Waals surface area contributed by atoms with E-state index in [0.29, 0.717) is 35.7 Å². The molecule has 0 aliphatic carbocycles. The Balaban J connectivity index is 1.80. The SMILES string of the molecule is CCCN(C[C@@H](C)C(F)(F)F)c1cc2c(cn1)N=C(c1c(F)cccc1F)Nc1cn[nH]c1-2. The van der Waals surface area contributed by atoms with Crippen molar-refractivity contribution in [2.24, 2.45) is 10.9 Å². The number of rotatable bonds is 6. The average molecular weight is 464 g/mol. The Bertz CT molecular complexity index is 1170. The van der Waals surface area contributed by atoms with Crippen molar-refractivity contribution in [2.75, 3.05) is 23.3 Å². The summed E-state index contributed by atoms with van der Waals surface area (Å²) in [5.74, 6) is -2.88. The van der Waals surface area contributed by atoms with Gasteiger partial charge in [-0.1, -0.05) is 19.9 Å². The quantitative estimate of drug-likeness (QED) is 0.462. The molecule has 6 nitrogen and oxygen atoms in total. The highest BCUT2D eigenvalue weighted by molar-refractivity contribution is 6.13. The first-order valence-electron chi connectivity index (χ1n) is 10.3. The molecule has 0 unspecified atom stereocenters. The van der Waals surface area contributed by atoms with Crippen molar-refractivity contribution in [2.45, 2.75) is 26.4 Å². The lowest BCUT2D eigenvalue weighted by Gasteiger charge is -2.28. The summed E-state index contributed by atoms with van der Waals surface area (Å²) in [4.78, 5) is 10.3. The molecule has 174 valence electrons. The molecule has 1 atom stereocenters. The molecule has 1 aromatic carbocycles. The Hall–Kier alpha value is -3.50. The normalized spacial score (nSPS) is 14.0. The van der Waals surface area contributed by atoms with Crippen molar-refractivity contribution in [3.8, 4) is 11.3 Å². The molecule has 2 N–H and O–H groups in total. The third kappa shape index (κ3) is 4.53. The summed E-state index contributed by atoms with van der Waals surface area (Å²) in [6.45, 7) is 3.11. The van der Waals surface area contributed by atoms with E-state index in [4.69, 9.17) is 0 Å². The average Bonchev–Trinajstić information content (AvgIpc) is 3.15. The Kier molecular flexibility index (Phi) is 6.05. The number of anilines is 2. The number of hydrogen-bond acceptors (Lipinski definition) is 5. The number of nitrogens with one attached hydrogen (secondary N) is 2. The van der Waals surface area contributed by atoms with E-state index in [9.17, 15) is 22.0 Å². The largest absolute Gasteiger partial charge is 0.393 e. The van der Waals surface area contributed by atoms with E-state index in [1.54, 1.807) is 11.0 Å². The number of aromatic nitrogens is 3. The molecular formula is C22H21F5N6. The van der Waals surface area contributed by atoms with E-state index >= 15 is 0 Å². The third-order valence-electron chi connectivity index (χ3n) is 5.33. The van der Waals surface area contributed by atoms with E-state index in [0.717, 1.165) is 19.1 Å². The molecule has 3 aromatic rings. The fourth-order valence-electron chi connectivity index (χ4n) is 3.61. The molecule has 33 heavy (non-hydrogen) atoms. The summed E-state index contributed by atoms with van der Waals surface area (Å²) in [5, 5.41) is 9.71. The molecule has 0 saturated carbocycles. The number of pyridine rings is 1. The van der Waals surface area contributed by atoms with Gasteiger partial charge in [0.2, 0.25) is 0 Å². The van der Waals surface area contributed by atoms with Gasteiger partial charge in [0, 0.05) is 18.7 Å². The van der Waals surface area contributed by atoms with Gasteiger partial charge in [0.15, 0.2) is 0 Å². The summed E-state index contributed by atoms with van der Waals surface area (Å²) >= 11 is 0. The van der Waals surface area contributed by atoms with Crippen LogP contribution in [0.15, 0.2) is 41.7 Å². The second kappa shape index (κ2) is 8.80. The molecule has 1 aliphatic rings. The van der Waals surface area contributed by atoms with Crippen molar-refractivity contribution in [3.63, 3.8) is 0 Å². The topological polar surface area (TPSA) is 69.2 Å². The van der Waals surface area contributed by atoms with Crippen LogP contribution in [-0.4, -0.2) is 40.3 Å². The lowest BCUT2D eigenvalue weighted by atomic mass is 10.1. The van der Waals surface area contributed by atoms with Crippen LogP contribution in [0.25, 0.3) is 11.3 Å². The van der Waals surface area contributed by atoms with Crippen LogP contribution in [0.5, 0.6) is 0 Å². The first kappa shape index (κ1) is 22.7. The first-order valence-corrected chi connectivity index (χ1v) is 10.3. The van der Waals surface area contributed by atoms with E-state index in [1.807, 2.05) is 6.92 Å². The van der Waals surface area contributed by atoms with Gasteiger partial charge >= 0.3 is 6.18 Å². The Morgan fingerprint density at radius 1 is 1.12 bits per heavy atom. The zero-order valence-corrected chi connectivity index (χ0v) is 17.8. The smallest absolute Gasteiger partial charge is 0.356 e. The van der Waals surface area contributed by atoms with Crippen LogP contribution in [0.1, 0.15) is 25.8 Å². The molecule has 0 spiro atoms. The number of alkyl halides is 3. The number of aromatic amines is 1. The molecule has 4 rings (SSSR count). The Labute approximate surface area is 186 Å². The van der Waals surface area contributed by atoms with Gasteiger partial charge in [-0.15, -0.1) is 0 Å². The lowest BCUT2D eigenvalue weighted by molar-refractivity contribution is -0.166. The highest BCUT2D eigenvalue weighted by Gasteiger charge is 2.37. The van der Waals surface area contributed by atoms with Crippen molar-refractivity contribution in [3.05, 3.63) is 53.9 Å². The van der Waals surface area contributed by atoms with Gasteiger partial charge in [-0.3, -0.25) is 5.10 Å². The zero-order chi connectivity index (χ0) is 23.8. The highest BCUT2D eigenvalue weighted by Crippen LogP contribution is 2.39. The maximum absolute atomic E-state index is 14.4. The molecule has 1 aliphatic heterocycles. The Morgan fingerprint density at radius 3 is 2.52 bits per heavy atom. The molecule has 0 fully saturated rings. The summed E-state index contributed by atoms with van der Waals surface area (Å²) in [6, 6.07) is 5.10. The third-order valence-corrected chi connectivity index (χ3v) is 5.33. The summed E-state index contributed by atoms with van der Waals surface area (Å²) in [6.07, 6.45) is -0.896. The number of amidine groups is 1. The lowest BCUT2D eigenvalue weighted by Crippen LogP contribution is -2.36. The van der Waals surface area contributed by atoms with Gasteiger partial charge in [0.25, 0.3) is 0 Å². The molecule has 0 bridgehead atoms. The standard InChI is InChI=1S/C22H21F5N6/c1-3-7-33(11-12(2)22(25,26)27)18-8-13-16(9-28-18)30-21(31-17-10-29-32-20(13)17)19-14(23)5-4-6-15(19)24/h4-6,8-10,12H,3,7,11H2,1-2H3,(H,29,32)(H,30,31)/t12-/m1/s1. The van der Waals surface area contributed by atoms with Crippen LogP contribution in [0.3, 0.4) is 0 Å². The maximum atomic E-state index is 14.4. The van der Waals surface area contributed by atoms with E-state index in [2.05, 4.69) is 25.5 Å².